The van der Waals surface area contributed by atoms with Crippen LogP contribution in [-0.2, 0) is 0 Å². The van der Waals surface area contributed by atoms with Crippen LogP contribution in [0.2, 0.25) is 0 Å². The average Bonchev–Trinajstić information content (AvgIpc) is 3.62. The Bertz CT molecular complexity index is 1060. The van der Waals surface area contributed by atoms with Gasteiger partial charge in [-0.2, -0.15) is 5.10 Å². The molecule has 0 unspecified atom stereocenters. The number of thioether (sulfide) groups is 1. The Hall–Kier alpha value is -2.14. The summed E-state index contributed by atoms with van der Waals surface area (Å²) in [6, 6.07) is 10.1. The number of ether oxygens (including phenoxy) is 1. The van der Waals surface area contributed by atoms with Crippen molar-refractivity contribution < 1.29 is 4.74 Å². The molecule has 0 saturated heterocycles. The molecule has 0 N–H and O–H groups in total. The lowest BCUT2D eigenvalue weighted by molar-refractivity contribution is 0.414. The van der Waals surface area contributed by atoms with Gasteiger partial charge in [0.25, 0.3) is 0 Å². The topological polar surface area (TPSA) is 29.8 Å². The molecule has 0 aliphatic heterocycles. The number of aryl methyl sites for hydroxylation is 3. The summed E-state index contributed by atoms with van der Waals surface area (Å²) in [6.07, 6.45) is 7.42. The summed E-state index contributed by atoms with van der Waals surface area (Å²) < 4.78 is 7.68. The molecular formula is C24H29N3OS. The van der Waals surface area contributed by atoms with Crippen molar-refractivity contribution >= 4 is 23.0 Å². The average molecular weight is 408 g/mol. The second-order valence-corrected chi connectivity index (χ2v) is 9.32. The number of rotatable bonds is 6. The molecule has 5 heteroatoms. The number of methoxy groups -OCH3 is 1. The summed E-state index contributed by atoms with van der Waals surface area (Å²) in [5.41, 5.74) is 8.79. The highest BCUT2D eigenvalue weighted by Gasteiger charge is 2.42. The van der Waals surface area contributed by atoms with E-state index >= 15 is 0 Å². The first-order valence-corrected chi connectivity index (χ1v) is 11.8. The Balaban J connectivity index is 1.77. The molecule has 152 valence electrons. The van der Waals surface area contributed by atoms with E-state index in [9.17, 15) is 0 Å². The van der Waals surface area contributed by atoms with Crippen molar-refractivity contribution in [2.24, 2.45) is 0 Å². The highest BCUT2D eigenvalue weighted by Crippen LogP contribution is 2.47. The third-order valence-corrected chi connectivity index (χ3v) is 6.91. The summed E-state index contributed by atoms with van der Waals surface area (Å²) in [4.78, 5) is 2.71. The highest BCUT2D eigenvalue weighted by molar-refractivity contribution is 7.98. The van der Waals surface area contributed by atoms with Crippen molar-refractivity contribution in [1.29, 1.82) is 0 Å². The minimum absolute atomic E-state index is 0.703. The van der Waals surface area contributed by atoms with E-state index in [4.69, 9.17) is 9.84 Å². The van der Waals surface area contributed by atoms with Gasteiger partial charge >= 0.3 is 0 Å². The standard InChI is InChI=1S/C24H29N3OS/c1-14-6-11-20(21-15(2)12-19(28-4)13-16(21)3)27-22(14)23(24(25-27)29-5)26(17-7-8-17)18-9-10-18/h6,11-13,17-18H,7-10H2,1-5H3. The Labute approximate surface area is 177 Å². The molecule has 2 aliphatic rings. The molecule has 0 radical (unpaired) electrons. The third-order valence-electron chi connectivity index (χ3n) is 6.25. The predicted molar refractivity (Wildman–Crippen MR) is 122 cm³/mol. The van der Waals surface area contributed by atoms with Crippen LogP contribution in [0.5, 0.6) is 5.75 Å². The van der Waals surface area contributed by atoms with E-state index in [1.54, 1.807) is 18.9 Å². The summed E-state index contributed by atoms with van der Waals surface area (Å²) in [6.45, 7) is 6.55. The molecule has 2 heterocycles. The van der Waals surface area contributed by atoms with Gasteiger partial charge in [-0.1, -0.05) is 6.07 Å². The van der Waals surface area contributed by atoms with Crippen LogP contribution in [-0.4, -0.2) is 35.1 Å². The minimum Gasteiger partial charge on any atom is -0.497 e. The van der Waals surface area contributed by atoms with Crippen LogP contribution >= 0.6 is 11.8 Å². The predicted octanol–water partition coefficient (Wildman–Crippen LogP) is 5.79. The number of benzene rings is 1. The molecule has 29 heavy (non-hydrogen) atoms. The van der Waals surface area contributed by atoms with Gasteiger partial charge in [-0.3, -0.25) is 0 Å². The fourth-order valence-corrected chi connectivity index (χ4v) is 5.20. The Morgan fingerprint density at radius 2 is 1.62 bits per heavy atom. The van der Waals surface area contributed by atoms with Crippen LogP contribution in [0, 0.1) is 20.8 Å². The Morgan fingerprint density at radius 3 is 2.14 bits per heavy atom. The van der Waals surface area contributed by atoms with E-state index in [1.165, 1.54) is 59.1 Å². The van der Waals surface area contributed by atoms with Gasteiger partial charge in [0, 0.05) is 17.6 Å². The molecule has 0 spiro atoms. The van der Waals surface area contributed by atoms with Crippen molar-refractivity contribution in [1.82, 2.24) is 9.61 Å². The van der Waals surface area contributed by atoms with Crippen molar-refractivity contribution in [3.8, 4) is 17.0 Å². The fraction of sp³-hybridized carbons (Fsp3) is 0.458. The van der Waals surface area contributed by atoms with Crippen molar-refractivity contribution in [2.45, 2.75) is 63.6 Å². The van der Waals surface area contributed by atoms with Gasteiger partial charge in [-0.25, -0.2) is 4.52 Å². The fourth-order valence-electron chi connectivity index (χ4n) is 4.65. The summed E-state index contributed by atoms with van der Waals surface area (Å²) in [5.74, 6) is 0.909. The zero-order chi connectivity index (χ0) is 20.3. The monoisotopic (exact) mass is 407 g/mol. The largest absolute Gasteiger partial charge is 0.497 e. The number of fused-ring (bicyclic) bond motifs is 1. The quantitative estimate of drug-likeness (QED) is 0.484. The van der Waals surface area contributed by atoms with E-state index in [-0.39, 0.29) is 0 Å². The Morgan fingerprint density at radius 1 is 1.00 bits per heavy atom. The summed E-state index contributed by atoms with van der Waals surface area (Å²) >= 11 is 1.77. The highest BCUT2D eigenvalue weighted by atomic mass is 32.2. The molecule has 0 amide bonds. The molecule has 2 aliphatic carbocycles. The lowest BCUT2D eigenvalue weighted by atomic mass is 9.98. The van der Waals surface area contributed by atoms with Gasteiger partial charge in [0.2, 0.25) is 0 Å². The van der Waals surface area contributed by atoms with Crippen LogP contribution < -0.4 is 9.64 Å². The van der Waals surface area contributed by atoms with Gasteiger partial charge in [-0.05, 0) is 87.6 Å². The van der Waals surface area contributed by atoms with Crippen molar-refractivity contribution in [3.63, 3.8) is 0 Å². The second-order valence-electron chi connectivity index (χ2n) is 8.53. The molecule has 0 atom stereocenters. The van der Waals surface area contributed by atoms with Crippen LogP contribution in [0.1, 0.15) is 42.4 Å². The van der Waals surface area contributed by atoms with Gasteiger partial charge in [-0.15, -0.1) is 11.8 Å². The summed E-state index contributed by atoms with van der Waals surface area (Å²) in [7, 11) is 1.73. The van der Waals surface area contributed by atoms with Gasteiger partial charge in [0.05, 0.1) is 24.0 Å². The molecule has 2 fully saturated rings. The molecule has 4 nitrogen and oxygen atoms in total. The number of anilines is 1. The first kappa shape index (κ1) is 18.9. The maximum absolute atomic E-state index is 5.48. The van der Waals surface area contributed by atoms with Crippen LogP contribution in [0.15, 0.2) is 29.3 Å². The molecule has 2 aromatic heterocycles. The van der Waals surface area contributed by atoms with Crippen molar-refractivity contribution in [3.05, 3.63) is 41.0 Å². The SMILES string of the molecule is COc1cc(C)c(-c2ccc(C)c3c(N(C4CC4)C4CC4)c(SC)nn23)c(C)c1. The number of pyridine rings is 1. The minimum atomic E-state index is 0.703. The van der Waals surface area contributed by atoms with Gasteiger partial charge in [0.15, 0.2) is 0 Å². The van der Waals surface area contributed by atoms with Crippen molar-refractivity contribution in [2.75, 3.05) is 18.3 Å². The van der Waals surface area contributed by atoms with E-state index in [0.29, 0.717) is 12.1 Å². The van der Waals surface area contributed by atoms with E-state index in [0.717, 1.165) is 16.5 Å². The maximum Gasteiger partial charge on any atom is 0.142 e. The van der Waals surface area contributed by atoms with E-state index in [1.807, 2.05) is 0 Å². The second kappa shape index (κ2) is 6.98. The smallest absolute Gasteiger partial charge is 0.142 e. The lowest BCUT2D eigenvalue weighted by Crippen LogP contribution is -2.28. The number of hydrogen-bond donors (Lipinski definition) is 0. The lowest BCUT2D eigenvalue weighted by Gasteiger charge is -2.25. The molecule has 5 rings (SSSR count). The van der Waals surface area contributed by atoms with E-state index < -0.39 is 0 Å². The first-order valence-electron chi connectivity index (χ1n) is 10.5. The van der Waals surface area contributed by atoms with Crippen LogP contribution in [0.4, 0.5) is 5.69 Å². The molecule has 2 saturated carbocycles. The maximum atomic E-state index is 5.48. The number of hydrogen-bond acceptors (Lipinski definition) is 4. The normalized spacial score (nSPS) is 16.4. The molecule has 0 bridgehead atoms. The zero-order valence-corrected chi connectivity index (χ0v) is 18.8. The zero-order valence-electron chi connectivity index (χ0n) is 18.0. The van der Waals surface area contributed by atoms with Crippen LogP contribution in [0.25, 0.3) is 16.8 Å². The molecular weight excluding hydrogens is 378 g/mol. The first-order chi connectivity index (χ1) is 14.0. The Kier molecular flexibility index (Phi) is 4.54. The third kappa shape index (κ3) is 3.10. The molecule has 1 aromatic carbocycles. The van der Waals surface area contributed by atoms with Gasteiger partial charge in [0.1, 0.15) is 10.8 Å². The van der Waals surface area contributed by atoms with Crippen LogP contribution in [0.3, 0.4) is 0 Å². The van der Waals surface area contributed by atoms with E-state index in [2.05, 4.69) is 60.7 Å². The van der Waals surface area contributed by atoms with Gasteiger partial charge < -0.3 is 9.64 Å². The molecule has 3 aromatic rings. The summed E-state index contributed by atoms with van der Waals surface area (Å²) in [5, 5.41) is 6.30. The number of nitrogens with zero attached hydrogens (tertiary/aromatic N) is 3. The number of aromatic nitrogens is 2.